The molecule has 25 heavy (non-hydrogen) atoms. The molecule has 136 valence electrons. The van der Waals surface area contributed by atoms with Crippen LogP contribution in [-0.4, -0.2) is 68.4 Å². The Morgan fingerprint density at radius 1 is 1.08 bits per heavy atom. The maximum atomic E-state index is 12.6. The average Bonchev–Trinajstić information content (AvgIpc) is 3.42. The molecule has 2 unspecified atom stereocenters. The highest BCUT2D eigenvalue weighted by atomic mass is 16.2. The normalized spacial score (nSPS) is 23.2. The minimum Gasteiger partial charge on any atom is -0.378 e. The zero-order valence-corrected chi connectivity index (χ0v) is 15.4. The first-order valence-electron chi connectivity index (χ1n) is 9.09. The van der Waals surface area contributed by atoms with Crippen molar-refractivity contribution >= 4 is 23.2 Å². The number of rotatable bonds is 5. The van der Waals surface area contributed by atoms with Gasteiger partial charge in [-0.1, -0.05) is 6.92 Å². The van der Waals surface area contributed by atoms with Crippen molar-refractivity contribution in [2.24, 2.45) is 11.8 Å². The van der Waals surface area contributed by atoms with Crippen LogP contribution < -0.4 is 10.2 Å². The predicted molar refractivity (Wildman–Crippen MR) is 99.7 cm³/mol. The lowest BCUT2D eigenvalue weighted by Crippen LogP contribution is -2.49. The van der Waals surface area contributed by atoms with Gasteiger partial charge in [0.2, 0.25) is 11.8 Å². The van der Waals surface area contributed by atoms with Gasteiger partial charge in [0.05, 0.1) is 11.8 Å². The molecule has 1 saturated carbocycles. The standard InChI is InChI=1S/C19H28N4O2/c1-4-22-9-11-23(12-10-22)19(25)17-13-16(17)18(24)20-14-5-7-15(8-6-14)21(2)3/h5-8,16-17H,4,9-13H2,1-3H3,(H,20,24). The molecule has 0 spiro atoms. The van der Waals surface area contributed by atoms with E-state index in [2.05, 4.69) is 17.1 Å². The molecular weight excluding hydrogens is 316 g/mol. The summed E-state index contributed by atoms with van der Waals surface area (Å²) in [6.07, 6.45) is 0.675. The maximum absolute atomic E-state index is 12.6. The predicted octanol–water partition coefficient (Wildman–Crippen LogP) is 1.49. The lowest BCUT2D eigenvalue weighted by molar-refractivity contribution is -0.135. The summed E-state index contributed by atoms with van der Waals surface area (Å²) in [6, 6.07) is 7.74. The second-order valence-corrected chi connectivity index (χ2v) is 7.14. The van der Waals surface area contributed by atoms with Crippen molar-refractivity contribution in [2.75, 3.05) is 57.0 Å². The molecule has 2 amide bonds. The molecular formula is C19H28N4O2. The first kappa shape index (κ1) is 17.7. The van der Waals surface area contributed by atoms with Gasteiger partial charge in [0.15, 0.2) is 0 Å². The molecule has 2 aliphatic rings. The molecule has 1 aromatic carbocycles. The van der Waals surface area contributed by atoms with E-state index in [4.69, 9.17) is 0 Å². The van der Waals surface area contributed by atoms with Gasteiger partial charge in [-0.15, -0.1) is 0 Å². The van der Waals surface area contributed by atoms with Crippen molar-refractivity contribution in [3.05, 3.63) is 24.3 Å². The second kappa shape index (κ2) is 7.44. The summed E-state index contributed by atoms with van der Waals surface area (Å²) in [5.74, 6) is -0.193. The quantitative estimate of drug-likeness (QED) is 0.879. The Balaban J connectivity index is 1.49. The van der Waals surface area contributed by atoms with Crippen LogP contribution in [0.2, 0.25) is 0 Å². The third kappa shape index (κ3) is 4.12. The second-order valence-electron chi connectivity index (χ2n) is 7.14. The molecule has 0 bridgehead atoms. The molecule has 1 aliphatic carbocycles. The number of benzene rings is 1. The van der Waals surface area contributed by atoms with Crippen molar-refractivity contribution in [1.29, 1.82) is 0 Å². The third-order valence-corrected chi connectivity index (χ3v) is 5.23. The van der Waals surface area contributed by atoms with Gasteiger partial charge in [0.1, 0.15) is 0 Å². The lowest BCUT2D eigenvalue weighted by atomic mass is 10.2. The summed E-state index contributed by atoms with van der Waals surface area (Å²) in [5, 5.41) is 2.94. The number of hydrogen-bond acceptors (Lipinski definition) is 4. The number of anilines is 2. The fourth-order valence-electron chi connectivity index (χ4n) is 3.35. The molecule has 0 aromatic heterocycles. The number of piperazine rings is 1. The van der Waals surface area contributed by atoms with Crippen LogP contribution >= 0.6 is 0 Å². The van der Waals surface area contributed by atoms with Gasteiger partial charge >= 0.3 is 0 Å². The van der Waals surface area contributed by atoms with Crippen LogP contribution in [-0.2, 0) is 9.59 Å². The Labute approximate surface area is 149 Å². The summed E-state index contributed by atoms with van der Waals surface area (Å²) in [7, 11) is 3.96. The van der Waals surface area contributed by atoms with Gasteiger partial charge < -0.3 is 20.0 Å². The Kier molecular flexibility index (Phi) is 5.27. The molecule has 1 heterocycles. The SMILES string of the molecule is CCN1CCN(C(=O)C2CC2C(=O)Nc2ccc(N(C)C)cc2)CC1. The van der Waals surface area contributed by atoms with Gasteiger partial charge in [-0.3, -0.25) is 9.59 Å². The number of carbonyl (C=O) groups is 2. The topological polar surface area (TPSA) is 55.9 Å². The number of nitrogens with zero attached hydrogens (tertiary/aromatic N) is 3. The number of carbonyl (C=O) groups excluding carboxylic acids is 2. The van der Waals surface area contributed by atoms with Gasteiger partial charge in [-0.25, -0.2) is 0 Å². The van der Waals surface area contributed by atoms with Gasteiger partial charge in [-0.2, -0.15) is 0 Å². The Morgan fingerprint density at radius 2 is 1.72 bits per heavy atom. The van der Waals surface area contributed by atoms with E-state index in [1.165, 1.54) is 0 Å². The zero-order chi connectivity index (χ0) is 18.0. The minimum atomic E-state index is -0.176. The van der Waals surface area contributed by atoms with Crippen LogP contribution in [0.15, 0.2) is 24.3 Å². The number of amides is 2. The van der Waals surface area contributed by atoms with Crippen molar-refractivity contribution in [2.45, 2.75) is 13.3 Å². The van der Waals surface area contributed by atoms with Crippen LogP contribution in [0.1, 0.15) is 13.3 Å². The summed E-state index contributed by atoms with van der Waals surface area (Å²) in [4.78, 5) is 31.2. The van der Waals surface area contributed by atoms with Gasteiger partial charge in [-0.05, 0) is 37.2 Å². The van der Waals surface area contributed by atoms with E-state index in [1.54, 1.807) is 0 Å². The molecule has 1 saturated heterocycles. The highest BCUT2D eigenvalue weighted by Gasteiger charge is 2.49. The molecule has 3 rings (SSSR count). The van der Waals surface area contributed by atoms with Crippen LogP contribution in [0.25, 0.3) is 0 Å². The van der Waals surface area contributed by atoms with Crippen LogP contribution in [0, 0.1) is 11.8 Å². The molecule has 0 radical (unpaired) electrons. The molecule has 2 fully saturated rings. The van der Waals surface area contributed by atoms with Crippen molar-refractivity contribution in [3.8, 4) is 0 Å². The summed E-state index contributed by atoms with van der Waals surface area (Å²) < 4.78 is 0. The smallest absolute Gasteiger partial charge is 0.228 e. The van der Waals surface area contributed by atoms with Gasteiger partial charge in [0.25, 0.3) is 0 Å². The van der Waals surface area contributed by atoms with Crippen LogP contribution in [0.5, 0.6) is 0 Å². The van der Waals surface area contributed by atoms with Gasteiger partial charge in [0, 0.05) is 51.6 Å². The molecule has 2 atom stereocenters. The fourth-order valence-corrected chi connectivity index (χ4v) is 3.35. The van der Waals surface area contributed by atoms with E-state index in [9.17, 15) is 9.59 Å². The summed E-state index contributed by atoms with van der Waals surface area (Å²) >= 11 is 0. The first-order valence-corrected chi connectivity index (χ1v) is 9.09. The minimum absolute atomic E-state index is 0.0388. The summed E-state index contributed by atoms with van der Waals surface area (Å²) in [6.45, 7) is 6.61. The molecule has 6 heteroatoms. The molecule has 1 aromatic rings. The van der Waals surface area contributed by atoms with E-state index < -0.39 is 0 Å². The van der Waals surface area contributed by atoms with Crippen LogP contribution in [0.3, 0.4) is 0 Å². The van der Waals surface area contributed by atoms with E-state index in [0.717, 1.165) is 44.1 Å². The highest BCUT2D eigenvalue weighted by Crippen LogP contribution is 2.41. The highest BCUT2D eigenvalue weighted by molar-refractivity contribution is 5.99. The van der Waals surface area contributed by atoms with E-state index in [0.29, 0.717) is 6.42 Å². The average molecular weight is 344 g/mol. The van der Waals surface area contributed by atoms with E-state index in [-0.39, 0.29) is 23.7 Å². The zero-order valence-electron chi connectivity index (χ0n) is 15.4. The Hall–Kier alpha value is -2.08. The summed E-state index contributed by atoms with van der Waals surface area (Å²) in [5.41, 5.74) is 1.87. The largest absolute Gasteiger partial charge is 0.378 e. The van der Waals surface area contributed by atoms with E-state index in [1.807, 2.05) is 48.2 Å². The van der Waals surface area contributed by atoms with Crippen molar-refractivity contribution in [1.82, 2.24) is 9.80 Å². The third-order valence-electron chi connectivity index (χ3n) is 5.23. The molecule has 6 nitrogen and oxygen atoms in total. The van der Waals surface area contributed by atoms with Crippen molar-refractivity contribution < 1.29 is 9.59 Å². The molecule has 1 N–H and O–H groups in total. The maximum Gasteiger partial charge on any atom is 0.228 e. The number of hydrogen-bond donors (Lipinski definition) is 1. The van der Waals surface area contributed by atoms with Crippen LogP contribution in [0.4, 0.5) is 11.4 Å². The lowest BCUT2D eigenvalue weighted by Gasteiger charge is -2.34. The molecule has 1 aliphatic heterocycles. The Morgan fingerprint density at radius 3 is 2.28 bits per heavy atom. The first-order chi connectivity index (χ1) is 12.0. The monoisotopic (exact) mass is 344 g/mol. The number of likely N-dealkylation sites (N-methyl/N-ethyl adjacent to an activating group) is 1. The van der Waals surface area contributed by atoms with Crippen molar-refractivity contribution in [3.63, 3.8) is 0 Å². The Bertz CT molecular complexity index is 621. The van der Waals surface area contributed by atoms with E-state index >= 15 is 0 Å². The fraction of sp³-hybridized carbons (Fsp3) is 0.579. The number of nitrogens with one attached hydrogen (secondary N) is 1.